The standard InChI is InChI=1S/C16H29BrN2O/c1-3-4-5-6-7-8-9-10-11-12-15(20)16-14(17)13-18-19(16)2/h13,15,20H,3-12H2,1-2H3. The summed E-state index contributed by atoms with van der Waals surface area (Å²) < 4.78 is 2.66. The lowest BCUT2D eigenvalue weighted by atomic mass is 10.0. The molecule has 0 bridgehead atoms. The molecule has 0 amide bonds. The van der Waals surface area contributed by atoms with Crippen LogP contribution in [0.4, 0.5) is 0 Å². The first-order valence-electron chi connectivity index (χ1n) is 8.02. The zero-order valence-electron chi connectivity index (χ0n) is 12.9. The van der Waals surface area contributed by atoms with Crippen molar-refractivity contribution in [2.24, 2.45) is 7.05 Å². The zero-order chi connectivity index (χ0) is 14.8. The fourth-order valence-electron chi connectivity index (χ4n) is 2.58. The van der Waals surface area contributed by atoms with Gasteiger partial charge in [-0.2, -0.15) is 5.10 Å². The summed E-state index contributed by atoms with van der Waals surface area (Å²) in [6.07, 6.45) is 14.0. The van der Waals surface area contributed by atoms with E-state index in [-0.39, 0.29) is 0 Å². The summed E-state index contributed by atoms with van der Waals surface area (Å²) in [5, 5.41) is 14.3. The van der Waals surface area contributed by atoms with Gasteiger partial charge in [0.2, 0.25) is 0 Å². The third-order valence-corrected chi connectivity index (χ3v) is 4.45. The average Bonchev–Trinajstić information content (AvgIpc) is 2.76. The maximum absolute atomic E-state index is 10.2. The van der Waals surface area contributed by atoms with Gasteiger partial charge in [0, 0.05) is 7.05 Å². The monoisotopic (exact) mass is 344 g/mol. The Morgan fingerprint density at radius 2 is 1.65 bits per heavy atom. The van der Waals surface area contributed by atoms with Crippen LogP contribution < -0.4 is 0 Å². The summed E-state index contributed by atoms with van der Waals surface area (Å²) in [5.41, 5.74) is 0.893. The fourth-order valence-corrected chi connectivity index (χ4v) is 3.19. The van der Waals surface area contributed by atoms with Crippen molar-refractivity contribution in [3.63, 3.8) is 0 Å². The van der Waals surface area contributed by atoms with Crippen LogP contribution in [0.3, 0.4) is 0 Å². The van der Waals surface area contributed by atoms with Crippen molar-refractivity contribution >= 4 is 15.9 Å². The molecule has 1 aromatic rings. The zero-order valence-corrected chi connectivity index (χ0v) is 14.5. The van der Waals surface area contributed by atoms with E-state index in [1.165, 1.54) is 51.4 Å². The van der Waals surface area contributed by atoms with E-state index in [9.17, 15) is 5.11 Å². The number of rotatable bonds is 11. The number of aromatic nitrogens is 2. The van der Waals surface area contributed by atoms with E-state index < -0.39 is 6.10 Å². The molecule has 116 valence electrons. The molecule has 1 unspecified atom stereocenters. The number of hydrogen-bond donors (Lipinski definition) is 1. The maximum Gasteiger partial charge on any atom is 0.0968 e. The second kappa shape index (κ2) is 10.4. The molecule has 4 heteroatoms. The molecule has 0 radical (unpaired) electrons. The van der Waals surface area contributed by atoms with Crippen LogP contribution in [-0.4, -0.2) is 14.9 Å². The Labute approximate surface area is 131 Å². The molecule has 1 heterocycles. The summed E-state index contributed by atoms with van der Waals surface area (Å²) in [7, 11) is 1.87. The van der Waals surface area contributed by atoms with E-state index in [0.717, 1.165) is 23.0 Å². The number of aliphatic hydroxyl groups excluding tert-OH is 1. The lowest BCUT2D eigenvalue weighted by Crippen LogP contribution is -2.05. The number of aliphatic hydroxyl groups is 1. The number of unbranched alkanes of at least 4 members (excludes halogenated alkanes) is 8. The molecule has 0 aromatic carbocycles. The molecule has 1 N–H and O–H groups in total. The van der Waals surface area contributed by atoms with E-state index in [2.05, 4.69) is 28.0 Å². The normalized spacial score (nSPS) is 12.8. The van der Waals surface area contributed by atoms with Crippen molar-refractivity contribution < 1.29 is 5.11 Å². The Balaban J connectivity index is 2.04. The van der Waals surface area contributed by atoms with Crippen molar-refractivity contribution in [2.45, 2.75) is 77.2 Å². The van der Waals surface area contributed by atoms with Gasteiger partial charge in [-0.1, -0.05) is 64.7 Å². The Morgan fingerprint density at radius 1 is 1.10 bits per heavy atom. The predicted octanol–water partition coefficient (Wildman–Crippen LogP) is 5.14. The molecule has 0 saturated carbocycles. The lowest BCUT2D eigenvalue weighted by Gasteiger charge is -2.11. The minimum Gasteiger partial charge on any atom is -0.387 e. The molecular formula is C16H29BrN2O. The van der Waals surface area contributed by atoms with Gasteiger partial charge in [0.25, 0.3) is 0 Å². The van der Waals surface area contributed by atoms with E-state index in [4.69, 9.17) is 0 Å². The van der Waals surface area contributed by atoms with Crippen LogP contribution in [0.15, 0.2) is 10.7 Å². The molecule has 0 aliphatic carbocycles. The maximum atomic E-state index is 10.2. The number of hydrogen-bond acceptors (Lipinski definition) is 2. The second-order valence-electron chi connectivity index (χ2n) is 5.63. The highest BCUT2D eigenvalue weighted by Gasteiger charge is 2.15. The second-order valence-corrected chi connectivity index (χ2v) is 6.49. The van der Waals surface area contributed by atoms with Gasteiger partial charge in [-0.25, -0.2) is 0 Å². The topological polar surface area (TPSA) is 38.1 Å². The highest BCUT2D eigenvalue weighted by Crippen LogP contribution is 2.26. The third kappa shape index (κ3) is 6.40. The molecule has 0 spiro atoms. The molecular weight excluding hydrogens is 316 g/mol. The summed E-state index contributed by atoms with van der Waals surface area (Å²) in [5.74, 6) is 0. The fraction of sp³-hybridized carbons (Fsp3) is 0.812. The van der Waals surface area contributed by atoms with Crippen molar-refractivity contribution in [2.75, 3.05) is 0 Å². The summed E-state index contributed by atoms with van der Waals surface area (Å²) in [6, 6.07) is 0. The van der Waals surface area contributed by atoms with E-state index in [1.807, 2.05) is 7.05 Å². The molecule has 0 aliphatic heterocycles. The lowest BCUT2D eigenvalue weighted by molar-refractivity contribution is 0.153. The Bertz CT molecular complexity index is 346. The molecule has 1 rings (SSSR count). The van der Waals surface area contributed by atoms with Gasteiger partial charge < -0.3 is 5.11 Å². The summed E-state index contributed by atoms with van der Waals surface area (Å²) >= 11 is 3.44. The first kappa shape index (κ1) is 17.7. The van der Waals surface area contributed by atoms with E-state index in [0.29, 0.717) is 0 Å². The molecule has 0 saturated heterocycles. The molecule has 3 nitrogen and oxygen atoms in total. The van der Waals surface area contributed by atoms with Crippen LogP contribution in [0.2, 0.25) is 0 Å². The highest BCUT2D eigenvalue weighted by atomic mass is 79.9. The molecule has 1 atom stereocenters. The number of aryl methyl sites for hydroxylation is 1. The van der Waals surface area contributed by atoms with Gasteiger partial charge >= 0.3 is 0 Å². The minimum absolute atomic E-state index is 0.401. The predicted molar refractivity (Wildman–Crippen MR) is 87.7 cm³/mol. The first-order chi connectivity index (χ1) is 9.66. The molecule has 1 aromatic heterocycles. The molecule has 20 heavy (non-hydrogen) atoms. The van der Waals surface area contributed by atoms with Crippen LogP contribution in [0.25, 0.3) is 0 Å². The van der Waals surface area contributed by atoms with Gasteiger partial charge in [-0.05, 0) is 22.4 Å². The number of nitrogens with zero attached hydrogens (tertiary/aromatic N) is 2. The highest BCUT2D eigenvalue weighted by molar-refractivity contribution is 9.10. The average molecular weight is 345 g/mol. The van der Waals surface area contributed by atoms with Gasteiger partial charge in [0.1, 0.15) is 0 Å². The van der Waals surface area contributed by atoms with Gasteiger partial charge in [-0.3, -0.25) is 4.68 Å². The largest absolute Gasteiger partial charge is 0.387 e. The SMILES string of the molecule is CCCCCCCCCCCC(O)c1c(Br)cnn1C. The molecule has 0 aliphatic rings. The third-order valence-electron chi connectivity index (χ3n) is 3.83. The smallest absolute Gasteiger partial charge is 0.0968 e. The van der Waals surface area contributed by atoms with Crippen LogP contribution in [-0.2, 0) is 7.05 Å². The van der Waals surface area contributed by atoms with Crippen molar-refractivity contribution in [3.05, 3.63) is 16.4 Å². The van der Waals surface area contributed by atoms with Crippen molar-refractivity contribution in [1.82, 2.24) is 9.78 Å². The Morgan fingerprint density at radius 3 is 2.15 bits per heavy atom. The van der Waals surface area contributed by atoms with Gasteiger partial charge in [0.05, 0.1) is 22.5 Å². The van der Waals surface area contributed by atoms with Crippen molar-refractivity contribution in [3.8, 4) is 0 Å². The van der Waals surface area contributed by atoms with Crippen LogP contribution in [0.5, 0.6) is 0 Å². The van der Waals surface area contributed by atoms with Gasteiger partial charge in [-0.15, -0.1) is 0 Å². The summed E-state index contributed by atoms with van der Waals surface area (Å²) in [6.45, 7) is 2.26. The van der Waals surface area contributed by atoms with E-state index >= 15 is 0 Å². The molecule has 0 fully saturated rings. The Hall–Kier alpha value is -0.350. The summed E-state index contributed by atoms with van der Waals surface area (Å²) in [4.78, 5) is 0. The quantitative estimate of drug-likeness (QED) is 0.564. The number of halogens is 1. The van der Waals surface area contributed by atoms with Crippen LogP contribution >= 0.6 is 15.9 Å². The van der Waals surface area contributed by atoms with Crippen LogP contribution in [0.1, 0.15) is 82.9 Å². The van der Waals surface area contributed by atoms with Crippen LogP contribution in [0, 0.1) is 0 Å². The Kier molecular flexibility index (Phi) is 9.19. The minimum atomic E-state index is -0.401. The van der Waals surface area contributed by atoms with Gasteiger partial charge in [0.15, 0.2) is 0 Å². The van der Waals surface area contributed by atoms with Crippen molar-refractivity contribution in [1.29, 1.82) is 0 Å². The first-order valence-corrected chi connectivity index (χ1v) is 8.81. The van der Waals surface area contributed by atoms with E-state index in [1.54, 1.807) is 10.9 Å².